The van der Waals surface area contributed by atoms with Crippen LogP contribution in [0.15, 0.2) is 186 Å². The van der Waals surface area contributed by atoms with Crippen molar-refractivity contribution in [2.24, 2.45) is 0 Å². The van der Waals surface area contributed by atoms with Gasteiger partial charge in [0, 0.05) is 49.6 Å². The van der Waals surface area contributed by atoms with Crippen molar-refractivity contribution < 1.29 is 4.42 Å². The third-order valence-electron chi connectivity index (χ3n) is 11.6. The van der Waals surface area contributed by atoms with Crippen molar-refractivity contribution in [3.8, 4) is 27.9 Å². The molecule has 3 heteroatoms. The lowest BCUT2D eigenvalue weighted by atomic mass is 9.82. The molecule has 11 rings (SSSR count). The van der Waals surface area contributed by atoms with Gasteiger partial charge in [-0.05, 0) is 88.5 Å². The minimum atomic E-state index is -0.0928. The molecule has 10 aromatic rings. The molecule has 0 unspecified atom stereocenters. The van der Waals surface area contributed by atoms with Crippen LogP contribution in [-0.2, 0) is 5.41 Å². The van der Waals surface area contributed by atoms with Crippen molar-refractivity contribution in [3.05, 3.63) is 193 Å². The number of nitrogens with zero attached hydrogens (tertiary/aromatic N) is 2. The number of hydrogen-bond donors (Lipinski definition) is 0. The SMILES string of the molecule is CC1(C)c2ccccc2-c2c(-n3c4ccccc4c4ccc(N(c5ccc(-c6ccccc6)cc5)c5ccc6oc7ccccc7c6c5)cc43)cccc21. The van der Waals surface area contributed by atoms with Crippen molar-refractivity contribution in [3.63, 3.8) is 0 Å². The maximum atomic E-state index is 6.27. The molecule has 2 aromatic heterocycles. The van der Waals surface area contributed by atoms with Crippen molar-refractivity contribution in [2.75, 3.05) is 4.90 Å². The van der Waals surface area contributed by atoms with Crippen LogP contribution in [0.1, 0.15) is 25.0 Å². The third kappa shape index (κ3) is 4.48. The number of furan rings is 1. The van der Waals surface area contributed by atoms with E-state index in [4.69, 9.17) is 4.42 Å². The highest BCUT2D eigenvalue weighted by Gasteiger charge is 2.37. The van der Waals surface area contributed by atoms with Crippen LogP contribution in [0.4, 0.5) is 17.1 Å². The van der Waals surface area contributed by atoms with Crippen LogP contribution in [0.25, 0.3) is 71.7 Å². The molecule has 0 radical (unpaired) electrons. The first-order chi connectivity index (χ1) is 26.5. The van der Waals surface area contributed by atoms with Crippen LogP contribution < -0.4 is 4.90 Å². The van der Waals surface area contributed by atoms with E-state index >= 15 is 0 Å². The first-order valence-electron chi connectivity index (χ1n) is 18.7. The van der Waals surface area contributed by atoms with Crippen LogP contribution in [0.5, 0.6) is 0 Å². The summed E-state index contributed by atoms with van der Waals surface area (Å²) in [6.45, 7) is 4.71. The molecular weight excluding hydrogens is 657 g/mol. The first kappa shape index (κ1) is 30.8. The van der Waals surface area contributed by atoms with E-state index in [0.29, 0.717) is 0 Å². The quantitative estimate of drug-likeness (QED) is 0.179. The van der Waals surface area contributed by atoms with Gasteiger partial charge in [0.05, 0.1) is 16.7 Å². The molecule has 1 aliphatic carbocycles. The molecule has 2 heterocycles. The fourth-order valence-corrected chi connectivity index (χ4v) is 9.01. The van der Waals surface area contributed by atoms with Crippen LogP contribution >= 0.6 is 0 Å². The maximum Gasteiger partial charge on any atom is 0.135 e. The summed E-state index contributed by atoms with van der Waals surface area (Å²) in [6, 6.07) is 65.9. The molecular formula is C51H36N2O. The Kier molecular flexibility index (Phi) is 6.60. The molecule has 0 saturated heterocycles. The van der Waals surface area contributed by atoms with Crippen molar-refractivity contribution >= 4 is 60.8 Å². The van der Waals surface area contributed by atoms with Crippen LogP contribution in [0.3, 0.4) is 0 Å². The smallest absolute Gasteiger partial charge is 0.135 e. The molecule has 1 aliphatic rings. The number of benzene rings is 8. The molecule has 54 heavy (non-hydrogen) atoms. The molecule has 0 N–H and O–H groups in total. The topological polar surface area (TPSA) is 21.3 Å². The number of anilines is 3. The number of rotatable bonds is 5. The van der Waals surface area contributed by atoms with Crippen LogP contribution in [0.2, 0.25) is 0 Å². The van der Waals surface area contributed by atoms with E-state index in [0.717, 1.165) is 39.0 Å². The number of aromatic nitrogens is 1. The van der Waals surface area contributed by atoms with Crippen molar-refractivity contribution in [1.29, 1.82) is 0 Å². The molecule has 0 aliphatic heterocycles. The highest BCUT2D eigenvalue weighted by molar-refractivity contribution is 6.12. The monoisotopic (exact) mass is 692 g/mol. The molecule has 256 valence electrons. The minimum absolute atomic E-state index is 0.0928. The molecule has 0 saturated carbocycles. The molecule has 8 aromatic carbocycles. The zero-order valence-electron chi connectivity index (χ0n) is 30.1. The Bertz CT molecular complexity index is 3070. The van der Waals surface area contributed by atoms with E-state index in [1.165, 1.54) is 60.9 Å². The lowest BCUT2D eigenvalue weighted by Gasteiger charge is -2.26. The Morgan fingerprint density at radius 2 is 1.07 bits per heavy atom. The predicted octanol–water partition coefficient (Wildman–Crippen LogP) is 14.1. The van der Waals surface area contributed by atoms with Gasteiger partial charge in [0.25, 0.3) is 0 Å². The van der Waals surface area contributed by atoms with Crippen LogP contribution in [-0.4, -0.2) is 4.57 Å². The van der Waals surface area contributed by atoms with Crippen LogP contribution in [0, 0.1) is 0 Å². The summed E-state index contributed by atoms with van der Waals surface area (Å²) in [5.74, 6) is 0. The summed E-state index contributed by atoms with van der Waals surface area (Å²) in [4.78, 5) is 2.38. The average Bonchev–Trinajstić information content (AvgIpc) is 3.84. The van der Waals surface area contributed by atoms with Crippen molar-refractivity contribution in [1.82, 2.24) is 4.57 Å². The van der Waals surface area contributed by atoms with Gasteiger partial charge in [-0.1, -0.05) is 135 Å². The van der Waals surface area contributed by atoms with Gasteiger partial charge in [0.15, 0.2) is 0 Å². The van der Waals surface area contributed by atoms with Gasteiger partial charge in [0.2, 0.25) is 0 Å². The number of hydrogen-bond acceptors (Lipinski definition) is 2. The highest BCUT2D eigenvalue weighted by Crippen LogP contribution is 2.52. The summed E-state index contributed by atoms with van der Waals surface area (Å²) < 4.78 is 8.77. The van der Waals surface area contributed by atoms with E-state index in [-0.39, 0.29) is 5.41 Å². The highest BCUT2D eigenvalue weighted by atomic mass is 16.3. The lowest BCUT2D eigenvalue weighted by Crippen LogP contribution is -2.15. The molecule has 0 amide bonds. The summed E-state index contributed by atoms with van der Waals surface area (Å²) in [5, 5.41) is 4.69. The zero-order chi connectivity index (χ0) is 36.0. The Morgan fingerprint density at radius 1 is 0.444 bits per heavy atom. The lowest BCUT2D eigenvalue weighted by molar-refractivity contribution is 0.660. The fourth-order valence-electron chi connectivity index (χ4n) is 9.01. The summed E-state index contributed by atoms with van der Waals surface area (Å²) in [5.41, 5.74) is 16.3. The van der Waals surface area contributed by atoms with Gasteiger partial charge in [0.1, 0.15) is 11.2 Å². The van der Waals surface area contributed by atoms with Gasteiger partial charge in [-0.25, -0.2) is 0 Å². The molecule has 0 bridgehead atoms. The second kappa shape index (κ2) is 11.6. The second-order valence-electron chi connectivity index (χ2n) is 15.0. The minimum Gasteiger partial charge on any atom is -0.456 e. The normalized spacial score (nSPS) is 13.1. The van der Waals surface area contributed by atoms with E-state index in [2.05, 4.69) is 193 Å². The van der Waals surface area contributed by atoms with Gasteiger partial charge < -0.3 is 13.9 Å². The average molecular weight is 693 g/mol. The zero-order valence-corrected chi connectivity index (χ0v) is 30.1. The Hall–Kier alpha value is -6.84. The predicted molar refractivity (Wildman–Crippen MR) is 226 cm³/mol. The Balaban J connectivity index is 1.16. The molecule has 0 spiro atoms. The third-order valence-corrected chi connectivity index (χ3v) is 11.6. The van der Waals surface area contributed by atoms with Gasteiger partial charge in [-0.3, -0.25) is 0 Å². The van der Waals surface area contributed by atoms with Crippen molar-refractivity contribution in [2.45, 2.75) is 19.3 Å². The van der Waals surface area contributed by atoms with E-state index in [9.17, 15) is 0 Å². The first-order valence-corrected chi connectivity index (χ1v) is 18.7. The second-order valence-corrected chi connectivity index (χ2v) is 15.0. The van der Waals surface area contributed by atoms with Gasteiger partial charge >= 0.3 is 0 Å². The molecule has 3 nitrogen and oxygen atoms in total. The maximum absolute atomic E-state index is 6.27. The van der Waals surface area contributed by atoms with E-state index in [1.807, 2.05) is 12.1 Å². The van der Waals surface area contributed by atoms with Gasteiger partial charge in [-0.15, -0.1) is 0 Å². The van der Waals surface area contributed by atoms with Gasteiger partial charge in [-0.2, -0.15) is 0 Å². The summed E-state index contributed by atoms with van der Waals surface area (Å²) in [6.07, 6.45) is 0. The van der Waals surface area contributed by atoms with E-state index in [1.54, 1.807) is 0 Å². The number of fused-ring (bicyclic) bond motifs is 9. The number of para-hydroxylation sites is 2. The Labute approximate surface area is 314 Å². The summed E-state index contributed by atoms with van der Waals surface area (Å²) >= 11 is 0. The largest absolute Gasteiger partial charge is 0.456 e. The Morgan fingerprint density at radius 3 is 1.94 bits per heavy atom. The standard InChI is InChI=1S/C51H36N2O/c1-51(2)43-18-9-6-17-41(43)50-44(51)19-12-21-46(50)53-45-20-10-7-15-38(45)39-29-27-37(32-47(39)53)52(35-25-23-34(24-26-35)33-13-4-3-5-14-33)36-28-30-49-42(31-36)40-16-8-11-22-48(40)54-49/h3-32H,1-2H3. The fraction of sp³-hybridized carbons (Fsp3) is 0.0588. The summed E-state index contributed by atoms with van der Waals surface area (Å²) in [7, 11) is 0. The van der Waals surface area contributed by atoms with E-state index < -0.39 is 0 Å². The molecule has 0 fully saturated rings. The molecule has 0 atom stereocenters.